The zero-order valence-corrected chi connectivity index (χ0v) is 15.7. The molecule has 0 aliphatic carbocycles. The van der Waals surface area contributed by atoms with Crippen LogP contribution in [0.3, 0.4) is 0 Å². The molecule has 2 rings (SSSR count). The largest absolute Gasteiger partial charge is 0.508 e. The molecule has 0 aliphatic rings. The highest BCUT2D eigenvalue weighted by molar-refractivity contribution is 5.82. The van der Waals surface area contributed by atoms with Crippen LogP contribution in [-0.2, 0) is 9.53 Å². The topological polar surface area (TPSA) is 85.3 Å². The van der Waals surface area contributed by atoms with E-state index in [0.29, 0.717) is 11.5 Å². The third kappa shape index (κ3) is 4.91. The predicted octanol–water partition coefficient (Wildman–Crippen LogP) is 3.52. The number of rotatable bonds is 6. The first-order valence-electron chi connectivity index (χ1n) is 8.38. The summed E-state index contributed by atoms with van der Waals surface area (Å²) < 4.78 is 15.3. The third-order valence-corrected chi connectivity index (χ3v) is 4.23. The molecule has 0 aromatic heterocycles. The van der Waals surface area contributed by atoms with Gasteiger partial charge in [0, 0.05) is 0 Å². The van der Waals surface area contributed by atoms with Crippen molar-refractivity contribution in [3.63, 3.8) is 0 Å². The van der Waals surface area contributed by atoms with Gasteiger partial charge in [0.2, 0.25) is 0 Å². The van der Waals surface area contributed by atoms with E-state index in [1.165, 1.54) is 24.1 Å². The molecule has 0 bridgehead atoms. The van der Waals surface area contributed by atoms with Crippen LogP contribution in [-0.4, -0.2) is 42.3 Å². The Morgan fingerprint density at radius 1 is 0.926 bits per heavy atom. The van der Waals surface area contributed by atoms with Crippen LogP contribution in [0.2, 0.25) is 0 Å². The molecule has 0 radical (unpaired) electrons. The van der Waals surface area contributed by atoms with Gasteiger partial charge in [0.1, 0.15) is 23.3 Å². The Morgan fingerprint density at radius 2 is 1.48 bits per heavy atom. The number of phenolic OH excluding ortho intramolecular Hbond substituents is 1. The summed E-state index contributed by atoms with van der Waals surface area (Å²) in [5.74, 6) is 0.499. The predicted molar refractivity (Wildman–Crippen MR) is 98.9 cm³/mol. The summed E-state index contributed by atoms with van der Waals surface area (Å²) in [5, 5.41) is 9.47. The van der Waals surface area contributed by atoms with Gasteiger partial charge in [0.25, 0.3) is 0 Å². The summed E-state index contributed by atoms with van der Waals surface area (Å²) in [4.78, 5) is 26.2. The van der Waals surface area contributed by atoms with Gasteiger partial charge in [-0.25, -0.2) is 9.59 Å². The van der Waals surface area contributed by atoms with E-state index in [-0.39, 0.29) is 5.75 Å². The maximum absolute atomic E-state index is 12.8. The lowest BCUT2D eigenvalue weighted by Crippen LogP contribution is -2.46. The van der Waals surface area contributed by atoms with Crippen molar-refractivity contribution in [2.45, 2.75) is 25.9 Å². The van der Waals surface area contributed by atoms with Gasteiger partial charge in [-0.1, -0.05) is 12.1 Å². The van der Waals surface area contributed by atoms with E-state index in [1.54, 1.807) is 57.4 Å². The minimum absolute atomic E-state index is 0.110. The molecule has 1 amide bonds. The van der Waals surface area contributed by atoms with Crippen molar-refractivity contribution < 1.29 is 28.9 Å². The summed E-state index contributed by atoms with van der Waals surface area (Å²) in [6.45, 7) is 3.33. The number of hydrogen-bond acceptors (Lipinski definition) is 6. The molecule has 0 fully saturated rings. The highest BCUT2D eigenvalue weighted by atomic mass is 16.6. The Labute approximate surface area is 158 Å². The molecule has 0 spiro atoms. The normalized spacial score (nSPS) is 12.6. The monoisotopic (exact) mass is 373 g/mol. The van der Waals surface area contributed by atoms with Crippen LogP contribution in [0.25, 0.3) is 0 Å². The van der Waals surface area contributed by atoms with Crippen LogP contribution >= 0.6 is 0 Å². The summed E-state index contributed by atoms with van der Waals surface area (Å²) in [6.07, 6.45) is -0.696. The van der Waals surface area contributed by atoms with Crippen LogP contribution in [0.15, 0.2) is 48.5 Å². The number of carbonyl (C=O) groups excluding carboxylic acids is 2. The van der Waals surface area contributed by atoms with Gasteiger partial charge in [0.05, 0.1) is 20.3 Å². The van der Waals surface area contributed by atoms with E-state index in [2.05, 4.69) is 0 Å². The lowest BCUT2D eigenvalue weighted by atomic mass is 10.1. The molecule has 1 N–H and O–H groups in total. The van der Waals surface area contributed by atoms with Crippen LogP contribution in [0.1, 0.15) is 25.5 Å². The average Bonchev–Trinajstić information content (AvgIpc) is 2.68. The molecular weight excluding hydrogens is 350 g/mol. The van der Waals surface area contributed by atoms with Gasteiger partial charge in [-0.15, -0.1) is 0 Å². The standard InChI is InChI=1S/C20H23NO6/c1-13(15-5-7-16(22)8-6-15)21(14(2)19(23)26-4)20(24)27-18-11-9-17(25-3)10-12-18/h5-14,22H,1-4H3/t13-,14+/m1/s1. The molecular formula is C20H23NO6. The number of amides is 1. The second-order valence-electron chi connectivity index (χ2n) is 5.92. The van der Waals surface area contributed by atoms with Crippen molar-refractivity contribution in [2.75, 3.05) is 14.2 Å². The number of nitrogens with zero attached hydrogens (tertiary/aromatic N) is 1. The number of phenols is 1. The molecule has 0 saturated carbocycles. The molecule has 144 valence electrons. The van der Waals surface area contributed by atoms with E-state index < -0.39 is 24.1 Å². The minimum Gasteiger partial charge on any atom is -0.508 e. The fraction of sp³-hybridized carbons (Fsp3) is 0.300. The van der Waals surface area contributed by atoms with Crippen LogP contribution < -0.4 is 9.47 Å². The first-order valence-corrected chi connectivity index (χ1v) is 8.38. The van der Waals surface area contributed by atoms with E-state index in [1.807, 2.05) is 0 Å². The summed E-state index contributed by atoms with van der Waals surface area (Å²) in [7, 11) is 2.80. The van der Waals surface area contributed by atoms with Gasteiger partial charge >= 0.3 is 12.1 Å². The molecule has 2 aromatic carbocycles. The summed E-state index contributed by atoms with van der Waals surface area (Å²) >= 11 is 0. The number of benzene rings is 2. The zero-order valence-electron chi connectivity index (χ0n) is 15.7. The lowest BCUT2D eigenvalue weighted by Gasteiger charge is -2.32. The van der Waals surface area contributed by atoms with Gasteiger partial charge in [-0.3, -0.25) is 4.90 Å². The Bertz CT molecular complexity index is 772. The Balaban J connectivity index is 2.28. The van der Waals surface area contributed by atoms with Gasteiger partial charge in [-0.2, -0.15) is 0 Å². The second kappa shape index (κ2) is 8.93. The molecule has 2 atom stereocenters. The Morgan fingerprint density at radius 3 is 2.00 bits per heavy atom. The summed E-state index contributed by atoms with van der Waals surface area (Å²) in [5.41, 5.74) is 0.732. The number of carbonyl (C=O) groups is 2. The zero-order chi connectivity index (χ0) is 20.0. The third-order valence-electron chi connectivity index (χ3n) is 4.23. The number of aromatic hydroxyl groups is 1. The SMILES string of the molecule is COC(=O)[C@H](C)N(C(=O)Oc1ccc(OC)cc1)[C@H](C)c1ccc(O)cc1. The Hall–Kier alpha value is -3.22. The average molecular weight is 373 g/mol. The first kappa shape index (κ1) is 20.1. The van der Waals surface area contributed by atoms with Crippen molar-refractivity contribution in [2.24, 2.45) is 0 Å². The van der Waals surface area contributed by atoms with Crippen LogP contribution in [0, 0.1) is 0 Å². The highest BCUT2D eigenvalue weighted by Crippen LogP contribution is 2.27. The Kier molecular flexibility index (Phi) is 6.65. The molecule has 0 aliphatic heterocycles. The quantitative estimate of drug-likeness (QED) is 0.780. The van der Waals surface area contributed by atoms with Crippen molar-refractivity contribution in [1.82, 2.24) is 4.90 Å². The lowest BCUT2D eigenvalue weighted by molar-refractivity contribution is -0.146. The molecule has 0 heterocycles. The van der Waals surface area contributed by atoms with Crippen molar-refractivity contribution >= 4 is 12.1 Å². The van der Waals surface area contributed by atoms with E-state index in [4.69, 9.17) is 14.2 Å². The number of esters is 1. The van der Waals surface area contributed by atoms with Gasteiger partial charge < -0.3 is 19.3 Å². The van der Waals surface area contributed by atoms with Crippen molar-refractivity contribution in [3.8, 4) is 17.2 Å². The molecule has 27 heavy (non-hydrogen) atoms. The molecule has 2 aromatic rings. The second-order valence-corrected chi connectivity index (χ2v) is 5.92. The first-order chi connectivity index (χ1) is 12.9. The molecule has 0 saturated heterocycles. The smallest absolute Gasteiger partial charge is 0.416 e. The fourth-order valence-electron chi connectivity index (χ4n) is 2.65. The van der Waals surface area contributed by atoms with Gasteiger partial charge in [-0.05, 0) is 55.8 Å². The van der Waals surface area contributed by atoms with E-state index >= 15 is 0 Å². The maximum Gasteiger partial charge on any atom is 0.416 e. The minimum atomic E-state index is -0.871. The van der Waals surface area contributed by atoms with Gasteiger partial charge in [0.15, 0.2) is 0 Å². The fourth-order valence-corrected chi connectivity index (χ4v) is 2.65. The highest BCUT2D eigenvalue weighted by Gasteiger charge is 2.33. The molecule has 7 heteroatoms. The maximum atomic E-state index is 12.8. The van der Waals surface area contributed by atoms with Crippen molar-refractivity contribution in [1.29, 1.82) is 0 Å². The van der Waals surface area contributed by atoms with E-state index in [0.717, 1.165) is 5.56 Å². The molecule has 7 nitrogen and oxygen atoms in total. The van der Waals surface area contributed by atoms with Crippen LogP contribution in [0.4, 0.5) is 4.79 Å². The number of methoxy groups -OCH3 is 2. The molecule has 0 unspecified atom stereocenters. The van der Waals surface area contributed by atoms with Crippen LogP contribution in [0.5, 0.6) is 17.2 Å². The summed E-state index contributed by atoms with van der Waals surface area (Å²) in [6, 6.07) is 11.6. The number of ether oxygens (including phenoxy) is 3. The van der Waals surface area contributed by atoms with Crippen molar-refractivity contribution in [3.05, 3.63) is 54.1 Å². The van der Waals surface area contributed by atoms with E-state index in [9.17, 15) is 14.7 Å². The number of hydrogen-bond donors (Lipinski definition) is 1.